The summed E-state index contributed by atoms with van der Waals surface area (Å²) in [4.78, 5) is 0. The van der Waals surface area contributed by atoms with Gasteiger partial charge in [-0.2, -0.15) is 0 Å². The zero-order chi connectivity index (χ0) is 13.1. The lowest BCUT2D eigenvalue weighted by atomic mass is 9.95. The Hall–Kier alpha value is -0.960. The second-order valence-electron chi connectivity index (χ2n) is 6.54. The van der Waals surface area contributed by atoms with E-state index in [9.17, 15) is 13.9 Å². The van der Waals surface area contributed by atoms with E-state index in [0.29, 0.717) is 17.8 Å². The Bertz CT molecular complexity index is 479. The Morgan fingerprint density at radius 1 is 1.11 bits per heavy atom. The van der Waals surface area contributed by atoms with Crippen molar-refractivity contribution in [2.45, 2.75) is 31.8 Å². The molecule has 5 atom stereocenters. The Balaban J connectivity index is 1.50. The minimum Gasteiger partial charge on any atom is -0.392 e. The molecule has 0 heterocycles. The molecule has 0 aromatic heterocycles. The molecule has 3 fully saturated rings. The van der Waals surface area contributed by atoms with Gasteiger partial charge in [-0.15, -0.1) is 0 Å². The standard InChI is InChI=1S/C16H18F2O/c17-11-2-1-3-12(18)10(11)7-13(19)16-14-8-4-5-9(6-8)15(14)16/h1-3,8-9,13-16,19H,4-7H2. The van der Waals surface area contributed by atoms with Gasteiger partial charge < -0.3 is 5.11 Å². The normalized spacial score (nSPS) is 40.3. The third kappa shape index (κ3) is 1.67. The van der Waals surface area contributed by atoms with Crippen LogP contribution in [0.15, 0.2) is 18.2 Å². The molecular weight excluding hydrogens is 246 g/mol. The Kier molecular flexibility index (Phi) is 2.50. The molecule has 5 unspecified atom stereocenters. The molecule has 3 saturated carbocycles. The number of aliphatic hydroxyl groups excluding tert-OH is 1. The summed E-state index contributed by atoms with van der Waals surface area (Å²) >= 11 is 0. The number of rotatable bonds is 3. The van der Waals surface area contributed by atoms with E-state index in [0.717, 1.165) is 11.8 Å². The molecule has 3 heteroatoms. The van der Waals surface area contributed by atoms with E-state index >= 15 is 0 Å². The summed E-state index contributed by atoms with van der Waals surface area (Å²) in [6, 6.07) is 3.90. The van der Waals surface area contributed by atoms with Crippen molar-refractivity contribution in [3.8, 4) is 0 Å². The number of halogens is 2. The van der Waals surface area contributed by atoms with Crippen LogP contribution in [0, 0.1) is 41.2 Å². The molecule has 3 aliphatic carbocycles. The fraction of sp³-hybridized carbons (Fsp3) is 0.625. The minimum absolute atomic E-state index is 0.0484. The van der Waals surface area contributed by atoms with Crippen LogP contribution in [0.5, 0.6) is 0 Å². The Morgan fingerprint density at radius 3 is 2.26 bits per heavy atom. The maximum Gasteiger partial charge on any atom is 0.129 e. The third-order valence-corrected chi connectivity index (χ3v) is 5.71. The number of fused-ring (bicyclic) bond motifs is 5. The van der Waals surface area contributed by atoms with E-state index in [4.69, 9.17) is 0 Å². The summed E-state index contributed by atoms with van der Waals surface area (Å²) in [6.07, 6.45) is 3.46. The van der Waals surface area contributed by atoms with Crippen LogP contribution >= 0.6 is 0 Å². The quantitative estimate of drug-likeness (QED) is 0.889. The largest absolute Gasteiger partial charge is 0.392 e. The summed E-state index contributed by atoms with van der Waals surface area (Å²) in [5.41, 5.74) is 0.0484. The maximum absolute atomic E-state index is 13.6. The van der Waals surface area contributed by atoms with Crippen LogP contribution in [0.25, 0.3) is 0 Å². The van der Waals surface area contributed by atoms with Gasteiger partial charge in [-0.3, -0.25) is 0 Å². The van der Waals surface area contributed by atoms with Crippen LogP contribution in [0.4, 0.5) is 8.78 Å². The van der Waals surface area contributed by atoms with Gasteiger partial charge >= 0.3 is 0 Å². The van der Waals surface area contributed by atoms with Gasteiger partial charge in [-0.1, -0.05) is 6.07 Å². The SMILES string of the molecule is OC(Cc1c(F)cccc1F)C1C2C3CCC(C3)C12. The number of benzene rings is 1. The van der Waals surface area contributed by atoms with Crippen LogP contribution in [0.3, 0.4) is 0 Å². The van der Waals surface area contributed by atoms with Crippen molar-refractivity contribution in [3.05, 3.63) is 35.4 Å². The van der Waals surface area contributed by atoms with Gasteiger partial charge in [0.1, 0.15) is 11.6 Å². The molecule has 1 aromatic carbocycles. The average molecular weight is 264 g/mol. The number of hydrogen-bond acceptors (Lipinski definition) is 1. The van der Waals surface area contributed by atoms with E-state index < -0.39 is 17.7 Å². The van der Waals surface area contributed by atoms with Crippen molar-refractivity contribution < 1.29 is 13.9 Å². The molecule has 4 rings (SSSR count). The Labute approximate surface area is 111 Å². The summed E-state index contributed by atoms with van der Waals surface area (Å²) in [5.74, 6) is 2.07. The highest BCUT2D eigenvalue weighted by Gasteiger charge is 2.66. The molecule has 19 heavy (non-hydrogen) atoms. The topological polar surface area (TPSA) is 20.2 Å². The lowest BCUT2D eigenvalue weighted by Gasteiger charge is -2.16. The van der Waals surface area contributed by atoms with Crippen LogP contribution in [-0.4, -0.2) is 11.2 Å². The van der Waals surface area contributed by atoms with Crippen molar-refractivity contribution in [1.29, 1.82) is 0 Å². The van der Waals surface area contributed by atoms with Crippen LogP contribution < -0.4 is 0 Å². The first-order valence-electron chi connectivity index (χ1n) is 7.27. The predicted octanol–water partition coefficient (Wildman–Crippen LogP) is 3.16. The first kappa shape index (κ1) is 11.8. The molecule has 1 nitrogen and oxygen atoms in total. The van der Waals surface area contributed by atoms with E-state index in [1.165, 1.54) is 37.5 Å². The highest BCUT2D eigenvalue weighted by Crippen LogP contribution is 2.70. The van der Waals surface area contributed by atoms with Crippen molar-refractivity contribution in [3.63, 3.8) is 0 Å². The first-order valence-corrected chi connectivity index (χ1v) is 7.27. The highest BCUT2D eigenvalue weighted by atomic mass is 19.1. The maximum atomic E-state index is 13.6. The monoisotopic (exact) mass is 264 g/mol. The molecule has 1 N–H and O–H groups in total. The van der Waals surface area contributed by atoms with E-state index in [1.54, 1.807) is 0 Å². The highest BCUT2D eigenvalue weighted by molar-refractivity contribution is 5.22. The molecule has 0 amide bonds. The predicted molar refractivity (Wildman–Crippen MR) is 67.4 cm³/mol. The van der Waals surface area contributed by atoms with Crippen LogP contribution in [0.2, 0.25) is 0 Å². The smallest absolute Gasteiger partial charge is 0.129 e. The van der Waals surface area contributed by atoms with Crippen molar-refractivity contribution in [1.82, 2.24) is 0 Å². The second-order valence-corrected chi connectivity index (χ2v) is 6.54. The second kappa shape index (κ2) is 4.02. The molecule has 102 valence electrons. The van der Waals surface area contributed by atoms with E-state index in [1.807, 2.05) is 0 Å². The van der Waals surface area contributed by atoms with Gasteiger partial charge in [-0.05, 0) is 61.0 Å². The molecule has 2 bridgehead atoms. The van der Waals surface area contributed by atoms with Crippen molar-refractivity contribution >= 4 is 0 Å². The zero-order valence-corrected chi connectivity index (χ0v) is 10.7. The van der Waals surface area contributed by atoms with Gasteiger partial charge in [0.2, 0.25) is 0 Å². The summed E-state index contributed by atoms with van der Waals surface area (Å²) < 4.78 is 27.2. The fourth-order valence-corrected chi connectivity index (χ4v) is 4.98. The summed E-state index contributed by atoms with van der Waals surface area (Å²) in [5, 5.41) is 10.3. The number of aliphatic hydroxyl groups is 1. The van der Waals surface area contributed by atoms with Crippen molar-refractivity contribution in [2.24, 2.45) is 29.6 Å². The molecule has 0 aliphatic heterocycles. The van der Waals surface area contributed by atoms with Gasteiger partial charge in [0, 0.05) is 12.0 Å². The molecule has 3 aliphatic rings. The van der Waals surface area contributed by atoms with Gasteiger partial charge in [-0.25, -0.2) is 8.78 Å². The lowest BCUT2D eigenvalue weighted by molar-refractivity contribution is 0.126. The minimum atomic E-state index is -0.579. The zero-order valence-electron chi connectivity index (χ0n) is 10.7. The first-order chi connectivity index (χ1) is 9.16. The molecular formula is C16H18F2O. The summed E-state index contributed by atoms with van der Waals surface area (Å²) in [7, 11) is 0. The van der Waals surface area contributed by atoms with Crippen LogP contribution in [-0.2, 0) is 6.42 Å². The molecule has 0 saturated heterocycles. The van der Waals surface area contributed by atoms with E-state index in [2.05, 4.69) is 0 Å². The Morgan fingerprint density at radius 2 is 1.68 bits per heavy atom. The number of hydrogen-bond donors (Lipinski definition) is 1. The van der Waals surface area contributed by atoms with Crippen LogP contribution in [0.1, 0.15) is 24.8 Å². The molecule has 0 spiro atoms. The summed E-state index contributed by atoms with van der Waals surface area (Å²) in [6.45, 7) is 0. The average Bonchev–Trinajstić information content (AvgIpc) is 2.83. The van der Waals surface area contributed by atoms with E-state index in [-0.39, 0.29) is 12.0 Å². The van der Waals surface area contributed by atoms with Crippen molar-refractivity contribution in [2.75, 3.05) is 0 Å². The van der Waals surface area contributed by atoms with Gasteiger partial charge in [0.25, 0.3) is 0 Å². The third-order valence-electron chi connectivity index (χ3n) is 5.71. The van der Waals surface area contributed by atoms with Gasteiger partial charge in [0.15, 0.2) is 0 Å². The molecule has 0 radical (unpaired) electrons. The lowest BCUT2D eigenvalue weighted by Crippen LogP contribution is -2.19. The van der Waals surface area contributed by atoms with Gasteiger partial charge in [0.05, 0.1) is 6.10 Å². The molecule has 1 aromatic rings. The fourth-order valence-electron chi connectivity index (χ4n) is 4.98.